The Morgan fingerprint density at radius 1 is 1.22 bits per heavy atom. The van der Waals surface area contributed by atoms with E-state index in [4.69, 9.17) is 4.98 Å². The van der Waals surface area contributed by atoms with Gasteiger partial charge in [0, 0.05) is 50.0 Å². The first kappa shape index (κ1) is 16.5. The molecule has 1 amide bonds. The summed E-state index contributed by atoms with van der Waals surface area (Å²) in [5.41, 5.74) is 0.883. The van der Waals surface area contributed by atoms with Gasteiger partial charge in [-0.25, -0.2) is 4.98 Å². The average molecular weight is 367 g/mol. The van der Waals surface area contributed by atoms with Gasteiger partial charge in [-0.15, -0.1) is 0 Å². The summed E-state index contributed by atoms with van der Waals surface area (Å²) in [6.45, 7) is 4.60. The molecule has 4 heterocycles. The van der Waals surface area contributed by atoms with Crippen molar-refractivity contribution in [2.75, 3.05) is 23.3 Å². The van der Waals surface area contributed by atoms with E-state index in [1.54, 1.807) is 12.4 Å². The van der Waals surface area contributed by atoms with Gasteiger partial charge in [-0.1, -0.05) is 0 Å². The van der Waals surface area contributed by atoms with Gasteiger partial charge >= 0.3 is 0 Å². The highest BCUT2D eigenvalue weighted by molar-refractivity contribution is 5.82. The third-order valence-electron chi connectivity index (χ3n) is 5.84. The van der Waals surface area contributed by atoms with Crippen molar-refractivity contribution >= 4 is 23.4 Å². The molecular formula is C19H25N7O. The number of carbonyl (C=O) groups excluding carboxylic acids is 1. The Bertz CT molecular complexity index is 832. The largest absolute Gasteiger partial charge is 0.352 e. The van der Waals surface area contributed by atoms with Crippen molar-refractivity contribution < 1.29 is 4.79 Å². The molecule has 1 saturated carbocycles. The number of carbonyl (C=O) groups is 1. The van der Waals surface area contributed by atoms with Gasteiger partial charge in [-0.05, 0) is 38.7 Å². The second-order valence-electron chi connectivity index (χ2n) is 7.76. The van der Waals surface area contributed by atoms with Gasteiger partial charge in [0.25, 0.3) is 0 Å². The molecule has 142 valence electrons. The lowest BCUT2D eigenvalue weighted by atomic mass is 10.1. The van der Waals surface area contributed by atoms with Crippen molar-refractivity contribution in [2.45, 2.75) is 51.2 Å². The molecule has 2 saturated heterocycles. The monoisotopic (exact) mass is 367 g/mol. The number of rotatable bonds is 5. The van der Waals surface area contributed by atoms with Crippen molar-refractivity contribution in [3.05, 3.63) is 24.7 Å². The third-order valence-corrected chi connectivity index (χ3v) is 5.84. The van der Waals surface area contributed by atoms with Crippen LogP contribution in [0.1, 0.15) is 32.6 Å². The Morgan fingerprint density at radius 2 is 2.00 bits per heavy atom. The highest BCUT2D eigenvalue weighted by Gasteiger charge is 2.46. The number of nitrogens with zero attached hydrogens (tertiary/aromatic N) is 6. The lowest BCUT2D eigenvalue weighted by Gasteiger charge is -2.41. The molecule has 3 aliphatic rings. The molecule has 0 aromatic carbocycles. The second-order valence-corrected chi connectivity index (χ2v) is 7.76. The number of hydrogen-bond donors (Lipinski definition) is 1. The number of piperazine rings is 1. The van der Waals surface area contributed by atoms with E-state index >= 15 is 0 Å². The molecule has 0 unspecified atom stereocenters. The predicted molar refractivity (Wildman–Crippen MR) is 102 cm³/mol. The number of aryl methyl sites for hydroxylation is 1. The molecule has 2 aliphatic heterocycles. The highest BCUT2D eigenvalue weighted by Crippen LogP contribution is 2.38. The maximum absolute atomic E-state index is 12.6. The lowest BCUT2D eigenvalue weighted by molar-refractivity contribution is -0.135. The first-order chi connectivity index (χ1) is 13.2. The highest BCUT2D eigenvalue weighted by atomic mass is 16.2. The van der Waals surface area contributed by atoms with E-state index in [9.17, 15) is 4.79 Å². The first-order valence-corrected chi connectivity index (χ1v) is 9.91. The smallest absolute Gasteiger partial charge is 0.229 e. The Kier molecular flexibility index (Phi) is 3.98. The quantitative estimate of drug-likeness (QED) is 0.871. The van der Waals surface area contributed by atoms with Crippen LogP contribution in [0.3, 0.4) is 0 Å². The van der Waals surface area contributed by atoms with Gasteiger partial charge in [0.2, 0.25) is 11.9 Å². The van der Waals surface area contributed by atoms with Gasteiger partial charge in [0.05, 0.1) is 11.9 Å². The molecule has 0 radical (unpaired) electrons. The van der Waals surface area contributed by atoms with Crippen LogP contribution in [0.25, 0.3) is 0 Å². The van der Waals surface area contributed by atoms with E-state index < -0.39 is 0 Å². The van der Waals surface area contributed by atoms with Crippen LogP contribution in [-0.4, -0.2) is 55.7 Å². The van der Waals surface area contributed by atoms with Crippen molar-refractivity contribution in [3.63, 3.8) is 0 Å². The molecule has 2 aromatic rings. The first-order valence-electron chi connectivity index (χ1n) is 9.91. The van der Waals surface area contributed by atoms with E-state index in [2.05, 4.69) is 32.1 Å². The number of aromatic nitrogens is 4. The van der Waals surface area contributed by atoms with E-state index in [-0.39, 0.29) is 0 Å². The van der Waals surface area contributed by atoms with Crippen LogP contribution in [-0.2, 0) is 11.3 Å². The van der Waals surface area contributed by atoms with Gasteiger partial charge in [-0.2, -0.15) is 10.1 Å². The summed E-state index contributed by atoms with van der Waals surface area (Å²) in [6, 6.07) is 2.61. The third kappa shape index (κ3) is 3.13. The minimum atomic E-state index is 0.304. The van der Waals surface area contributed by atoms with Gasteiger partial charge in [0.15, 0.2) is 0 Å². The number of amides is 1. The maximum Gasteiger partial charge on any atom is 0.229 e. The SMILES string of the molecule is CCn1cc(Nc2nccc(N3C[C@H]4CC[C@@H](C3)N4C(=O)C3CC3)n2)cn1. The number of fused-ring (bicyclic) bond motifs is 2. The summed E-state index contributed by atoms with van der Waals surface area (Å²) < 4.78 is 1.86. The molecule has 1 aliphatic carbocycles. The molecular weight excluding hydrogens is 342 g/mol. The van der Waals surface area contributed by atoms with E-state index in [0.717, 1.165) is 56.8 Å². The van der Waals surface area contributed by atoms with Crippen LogP contribution in [0.5, 0.6) is 0 Å². The van der Waals surface area contributed by atoms with Crippen LogP contribution >= 0.6 is 0 Å². The zero-order chi connectivity index (χ0) is 18.4. The van der Waals surface area contributed by atoms with Gasteiger partial charge in [-0.3, -0.25) is 9.48 Å². The summed E-state index contributed by atoms with van der Waals surface area (Å²) in [4.78, 5) is 26.2. The summed E-state index contributed by atoms with van der Waals surface area (Å²) in [7, 11) is 0. The molecule has 27 heavy (non-hydrogen) atoms. The Labute approximate surface area is 158 Å². The Morgan fingerprint density at radius 3 is 2.67 bits per heavy atom. The lowest BCUT2D eigenvalue weighted by Crippen LogP contribution is -2.56. The minimum absolute atomic E-state index is 0.304. The van der Waals surface area contributed by atoms with Crippen molar-refractivity contribution in [1.29, 1.82) is 0 Å². The fraction of sp³-hybridized carbons (Fsp3) is 0.579. The van der Waals surface area contributed by atoms with Crippen LogP contribution in [0.15, 0.2) is 24.7 Å². The zero-order valence-electron chi connectivity index (χ0n) is 15.6. The summed E-state index contributed by atoms with van der Waals surface area (Å²) in [5, 5.41) is 7.50. The zero-order valence-corrected chi connectivity index (χ0v) is 15.6. The average Bonchev–Trinajstić information content (AvgIpc) is 3.39. The van der Waals surface area contributed by atoms with Crippen LogP contribution < -0.4 is 10.2 Å². The molecule has 2 aromatic heterocycles. The molecule has 1 N–H and O–H groups in total. The van der Waals surface area contributed by atoms with E-state index in [0.29, 0.717) is 29.9 Å². The topological polar surface area (TPSA) is 79.2 Å². The van der Waals surface area contributed by atoms with Crippen LogP contribution in [0.2, 0.25) is 0 Å². The standard InChI is InChI=1S/C19H25N7O/c1-2-25-10-14(9-21-25)22-19-20-8-7-17(23-19)24-11-15-5-6-16(12-24)26(15)18(27)13-3-4-13/h7-10,13,15-16H,2-6,11-12H2,1H3,(H,20,22,23)/t15-,16+. The summed E-state index contributed by atoms with van der Waals surface area (Å²) in [6.07, 6.45) is 9.87. The van der Waals surface area contributed by atoms with Gasteiger partial charge in [0.1, 0.15) is 5.82 Å². The summed E-state index contributed by atoms with van der Waals surface area (Å²) in [5.74, 6) is 2.19. The molecule has 8 heteroatoms. The van der Waals surface area contributed by atoms with Crippen LogP contribution in [0.4, 0.5) is 17.5 Å². The predicted octanol–water partition coefficient (Wildman–Crippen LogP) is 2.03. The summed E-state index contributed by atoms with van der Waals surface area (Å²) >= 11 is 0. The number of anilines is 3. The minimum Gasteiger partial charge on any atom is -0.352 e. The Balaban J connectivity index is 1.30. The molecule has 5 rings (SSSR count). The fourth-order valence-corrected chi connectivity index (χ4v) is 4.31. The van der Waals surface area contributed by atoms with Crippen molar-refractivity contribution in [1.82, 2.24) is 24.6 Å². The van der Waals surface area contributed by atoms with Gasteiger partial charge < -0.3 is 15.1 Å². The number of nitrogens with one attached hydrogen (secondary N) is 1. The normalized spacial score (nSPS) is 24.3. The van der Waals surface area contributed by atoms with Crippen molar-refractivity contribution in [2.24, 2.45) is 5.92 Å². The molecule has 8 nitrogen and oxygen atoms in total. The molecule has 3 fully saturated rings. The molecule has 0 spiro atoms. The Hall–Kier alpha value is -2.64. The molecule has 2 bridgehead atoms. The van der Waals surface area contributed by atoms with Crippen molar-refractivity contribution in [3.8, 4) is 0 Å². The van der Waals surface area contributed by atoms with E-state index in [1.165, 1.54) is 0 Å². The maximum atomic E-state index is 12.6. The van der Waals surface area contributed by atoms with E-state index in [1.807, 2.05) is 16.9 Å². The number of hydrogen-bond acceptors (Lipinski definition) is 6. The van der Waals surface area contributed by atoms with Crippen LogP contribution in [0, 0.1) is 5.92 Å². The fourth-order valence-electron chi connectivity index (χ4n) is 4.31. The molecule has 2 atom stereocenters. The second kappa shape index (κ2) is 6.51.